The Bertz CT molecular complexity index is 448. The van der Waals surface area contributed by atoms with Gasteiger partial charge in [-0.3, -0.25) is 9.59 Å². The van der Waals surface area contributed by atoms with E-state index in [-0.39, 0.29) is 17.7 Å². The van der Waals surface area contributed by atoms with Gasteiger partial charge in [0, 0.05) is 12.5 Å². The first-order chi connectivity index (χ1) is 8.50. The van der Waals surface area contributed by atoms with Crippen molar-refractivity contribution in [1.82, 2.24) is 0 Å². The summed E-state index contributed by atoms with van der Waals surface area (Å²) in [6.07, 6.45) is 1.14. The zero-order valence-corrected chi connectivity index (χ0v) is 9.69. The molecule has 6 heteroatoms. The van der Waals surface area contributed by atoms with Crippen LogP contribution in [0.4, 0.5) is 4.39 Å². The van der Waals surface area contributed by atoms with Gasteiger partial charge < -0.3 is 15.6 Å². The van der Waals surface area contributed by atoms with Gasteiger partial charge in [0.15, 0.2) is 0 Å². The Morgan fingerprint density at radius 1 is 1.33 bits per heavy atom. The predicted octanol–water partition coefficient (Wildman–Crippen LogP) is 1.56. The van der Waals surface area contributed by atoms with Crippen LogP contribution in [0, 0.1) is 5.82 Å². The van der Waals surface area contributed by atoms with Crippen molar-refractivity contribution in [2.75, 3.05) is 6.61 Å². The van der Waals surface area contributed by atoms with Crippen LogP contribution in [-0.2, 0) is 4.79 Å². The normalized spacial score (nSPS) is 10.1. The fourth-order valence-corrected chi connectivity index (χ4v) is 1.35. The number of rotatable bonds is 7. The van der Waals surface area contributed by atoms with Crippen LogP contribution < -0.4 is 10.5 Å². The number of ether oxygens (including phenoxy) is 1. The number of aliphatic carboxylic acids is 1. The molecule has 0 saturated carbocycles. The van der Waals surface area contributed by atoms with Gasteiger partial charge in [0.25, 0.3) is 5.91 Å². The molecule has 0 aromatic heterocycles. The number of carboxylic acid groups (broad SMARTS) is 1. The molecule has 1 rings (SSSR count). The molecule has 0 aliphatic heterocycles. The van der Waals surface area contributed by atoms with Crippen molar-refractivity contribution >= 4 is 11.9 Å². The number of primary amides is 1. The van der Waals surface area contributed by atoms with Gasteiger partial charge in [-0.15, -0.1) is 0 Å². The quantitative estimate of drug-likeness (QED) is 0.723. The Labute approximate surface area is 103 Å². The van der Waals surface area contributed by atoms with Gasteiger partial charge in [-0.2, -0.15) is 0 Å². The largest absolute Gasteiger partial charge is 0.493 e. The van der Waals surface area contributed by atoms with Gasteiger partial charge >= 0.3 is 5.97 Å². The zero-order chi connectivity index (χ0) is 13.5. The van der Waals surface area contributed by atoms with Crippen molar-refractivity contribution in [1.29, 1.82) is 0 Å². The number of benzene rings is 1. The molecular weight excluding hydrogens is 241 g/mol. The summed E-state index contributed by atoms with van der Waals surface area (Å²) in [6, 6.07) is 3.78. The highest BCUT2D eigenvalue weighted by molar-refractivity contribution is 5.93. The van der Waals surface area contributed by atoms with Crippen molar-refractivity contribution < 1.29 is 23.8 Å². The lowest BCUT2D eigenvalue weighted by molar-refractivity contribution is -0.137. The number of hydrogen-bond acceptors (Lipinski definition) is 3. The average molecular weight is 255 g/mol. The molecule has 0 unspecified atom stereocenters. The van der Waals surface area contributed by atoms with Crippen LogP contribution in [0.25, 0.3) is 0 Å². The Hall–Kier alpha value is -2.11. The maximum absolute atomic E-state index is 13.3. The third-order valence-corrected chi connectivity index (χ3v) is 2.26. The summed E-state index contributed by atoms with van der Waals surface area (Å²) >= 11 is 0. The van der Waals surface area contributed by atoms with Gasteiger partial charge in [-0.1, -0.05) is 0 Å². The first-order valence-electron chi connectivity index (χ1n) is 5.44. The van der Waals surface area contributed by atoms with E-state index in [2.05, 4.69) is 0 Å². The molecule has 0 aliphatic rings. The number of hydrogen-bond donors (Lipinski definition) is 2. The first-order valence-corrected chi connectivity index (χ1v) is 5.44. The SMILES string of the molecule is NC(=O)c1ccc(OCCCCC(=O)O)cc1F. The maximum Gasteiger partial charge on any atom is 0.303 e. The van der Waals surface area contributed by atoms with Gasteiger partial charge in [-0.05, 0) is 25.0 Å². The molecule has 1 aromatic rings. The summed E-state index contributed by atoms with van der Waals surface area (Å²) in [5.74, 6) is -2.13. The van der Waals surface area contributed by atoms with Crippen LogP contribution in [0.3, 0.4) is 0 Å². The molecule has 0 spiro atoms. The molecule has 5 nitrogen and oxygen atoms in total. The molecule has 1 amide bonds. The minimum atomic E-state index is -0.855. The topological polar surface area (TPSA) is 89.6 Å². The highest BCUT2D eigenvalue weighted by Gasteiger charge is 2.08. The smallest absolute Gasteiger partial charge is 0.303 e. The number of carboxylic acids is 1. The first kappa shape index (κ1) is 14.0. The number of amides is 1. The minimum Gasteiger partial charge on any atom is -0.493 e. The third kappa shape index (κ3) is 4.40. The van der Waals surface area contributed by atoms with Crippen LogP contribution in [-0.4, -0.2) is 23.6 Å². The van der Waals surface area contributed by atoms with Crippen LogP contribution >= 0.6 is 0 Å². The summed E-state index contributed by atoms with van der Waals surface area (Å²) in [4.78, 5) is 21.0. The van der Waals surface area contributed by atoms with Crippen molar-refractivity contribution in [2.24, 2.45) is 5.73 Å². The fraction of sp³-hybridized carbons (Fsp3) is 0.333. The number of carbonyl (C=O) groups is 2. The van der Waals surface area contributed by atoms with E-state index < -0.39 is 17.7 Å². The summed E-state index contributed by atoms with van der Waals surface area (Å²) in [6.45, 7) is 0.294. The number of carbonyl (C=O) groups excluding carboxylic acids is 1. The van der Waals surface area contributed by atoms with Crippen molar-refractivity contribution in [3.8, 4) is 5.75 Å². The summed E-state index contributed by atoms with van der Waals surface area (Å²) in [5.41, 5.74) is 4.77. The zero-order valence-electron chi connectivity index (χ0n) is 9.69. The molecule has 0 radical (unpaired) electrons. The molecule has 98 valence electrons. The number of halogens is 1. The lowest BCUT2D eigenvalue weighted by Crippen LogP contribution is -2.13. The Morgan fingerprint density at radius 3 is 2.61 bits per heavy atom. The highest BCUT2D eigenvalue weighted by Crippen LogP contribution is 2.16. The Morgan fingerprint density at radius 2 is 2.06 bits per heavy atom. The second kappa shape index (κ2) is 6.58. The van der Waals surface area contributed by atoms with E-state index in [4.69, 9.17) is 15.6 Å². The molecule has 0 bridgehead atoms. The minimum absolute atomic E-state index is 0.0817. The number of unbranched alkanes of at least 4 members (excludes halogenated alkanes) is 1. The van der Waals surface area contributed by atoms with Crippen LogP contribution in [0.5, 0.6) is 5.75 Å². The molecule has 0 atom stereocenters. The lowest BCUT2D eigenvalue weighted by Gasteiger charge is -2.06. The monoisotopic (exact) mass is 255 g/mol. The third-order valence-electron chi connectivity index (χ3n) is 2.26. The lowest BCUT2D eigenvalue weighted by atomic mass is 10.2. The van der Waals surface area contributed by atoms with Gasteiger partial charge in [0.05, 0.1) is 12.2 Å². The van der Waals surface area contributed by atoms with E-state index in [0.717, 1.165) is 6.07 Å². The average Bonchev–Trinajstić information content (AvgIpc) is 2.27. The molecule has 0 fully saturated rings. The Kier molecular flexibility index (Phi) is 5.10. The molecule has 0 saturated heterocycles. The van der Waals surface area contributed by atoms with Gasteiger partial charge in [0.2, 0.25) is 0 Å². The molecule has 18 heavy (non-hydrogen) atoms. The molecular formula is C12H14FNO4. The molecule has 0 heterocycles. The second-order valence-corrected chi connectivity index (χ2v) is 3.71. The van der Waals surface area contributed by atoms with E-state index in [1.807, 2.05) is 0 Å². The summed E-state index contributed by atoms with van der Waals surface area (Å²) in [5, 5.41) is 8.41. The van der Waals surface area contributed by atoms with Gasteiger partial charge in [0.1, 0.15) is 11.6 Å². The highest BCUT2D eigenvalue weighted by atomic mass is 19.1. The van der Waals surface area contributed by atoms with Crippen molar-refractivity contribution in [2.45, 2.75) is 19.3 Å². The summed E-state index contributed by atoms with van der Waals surface area (Å²) in [7, 11) is 0. The molecule has 1 aromatic carbocycles. The fourth-order valence-electron chi connectivity index (χ4n) is 1.35. The summed E-state index contributed by atoms with van der Waals surface area (Å²) < 4.78 is 18.5. The van der Waals surface area contributed by atoms with E-state index in [0.29, 0.717) is 19.4 Å². The number of nitrogens with two attached hydrogens (primary N) is 1. The standard InChI is InChI=1S/C12H14FNO4/c13-10-7-8(4-5-9(10)12(14)17)18-6-2-1-3-11(15)16/h4-5,7H,1-3,6H2,(H2,14,17)(H,15,16). The molecule has 0 aliphatic carbocycles. The van der Waals surface area contributed by atoms with E-state index in [1.54, 1.807) is 0 Å². The molecule has 3 N–H and O–H groups in total. The van der Waals surface area contributed by atoms with Gasteiger partial charge in [-0.25, -0.2) is 4.39 Å². The second-order valence-electron chi connectivity index (χ2n) is 3.71. The van der Waals surface area contributed by atoms with Crippen LogP contribution in [0.2, 0.25) is 0 Å². The van der Waals surface area contributed by atoms with Crippen molar-refractivity contribution in [3.63, 3.8) is 0 Å². The van der Waals surface area contributed by atoms with E-state index >= 15 is 0 Å². The van der Waals surface area contributed by atoms with E-state index in [1.165, 1.54) is 12.1 Å². The predicted molar refractivity (Wildman–Crippen MR) is 61.9 cm³/mol. The van der Waals surface area contributed by atoms with Crippen LogP contribution in [0.1, 0.15) is 29.6 Å². The Balaban J connectivity index is 2.42. The van der Waals surface area contributed by atoms with Crippen LogP contribution in [0.15, 0.2) is 18.2 Å². The maximum atomic E-state index is 13.3. The van der Waals surface area contributed by atoms with Crippen molar-refractivity contribution in [3.05, 3.63) is 29.6 Å². The van der Waals surface area contributed by atoms with E-state index in [9.17, 15) is 14.0 Å².